The maximum atomic E-state index is 2.48. The second-order valence-corrected chi connectivity index (χ2v) is 13.4. The molecule has 1 aromatic heterocycles. The van der Waals surface area contributed by atoms with Gasteiger partial charge in [-0.2, -0.15) is 0 Å². The minimum absolute atomic E-state index is 1.05. The van der Waals surface area contributed by atoms with Crippen LogP contribution in [0.2, 0.25) is 0 Å². The van der Waals surface area contributed by atoms with Crippen LogP contribution in [-0.2, 0) is 0 Å². The van der Waals surface area contributed by atoms with Crippen molar-refractivity contribution in [2.75, 3.05) is 0 Å². The lowest BCUT2D eigenvalue weighted by molar-refractivity contribution is 1.12. The van der Waals surface area contributed by atoms with Crippen LogP contribution in [0.25, 0.3) is 88.0 Å². The lowest BCUT2D eigenvalue weighted by Crippen LogP contribution is -2.31. The largest absolute Gasteiger partial charge is 0.135 e. The molecule has 1 aliphatic carbocycles. The molecule has 0 N–H and O–H groups in total. The van der Waals surface area contributed by atoms with Crippen molar-refractivity contribution in [2.24, 2.45) is 0 Å². The number of hydrogen-bond donors (Lipinski definition) is 0. The minimum atomic E-state index is 1.05. The zero-order valence-corrected chi connectivity index (χ0v) is 26.8. The summed E-state index contributed by atoms with van der Waals surface area (Å²) in [5.41, 5.74) is 10.3. The summed E-state index contributed by atoms with van der Waals surface area (Å²) in [6.45, 7) is 0. The molecule has 0 fully saturated rings. The molecule has 1 heterocycles. The van der Waals surface area contributed by atoms with Crippen molar-refractivity contribution in [1.29, 1.82) is 0 Å². The molecule has 0 radical (unpaired) electrons. The van der Waals surface area contributed by atoms with E-state index in [2.05, 4.69) is 170 Å². The highest BCUT2D eigenvalue weighted by molar-refractivity contribution is 7.19. The van der Waals surface area contributed by atoms with Crippen LogP contribution in [-0.4, -0.2) is 0 Å². The van der Waals surface area contributed by atoms with Crippen LogP contribution in [0, 0.1) is 0 Å². The normalized spacial score (nSPS) is 12.4. The quantitative estimate of drug-likeness (QED) is 0.180. The van der Waals surface area contributed by atoms with Gasteiger partial charge in [-0.25, -0.2) is 0 Å². The fourth-order valence-electron chi connectivity index (χ4n) is 7.40. The summed E-state index contributed by atoms with van der Waals surface area (Å²) < 4.78 is 0. The maximum Gasteiger partial charge on any atom is 0.0427 e. The van der Waals surface area contributed by atoms with Gasteiger partial charge < -0.3 is 0 Å². The molecular weight excluding hydrogens is 585 g/mol. The van der Waals surface area contributed by atoms with Gasteiger partial charge in [0.25, 0.3) is 0 Å². The van der Waals surface area contributed by atoms with Crippen molar-refractivity contribution in [2.45, 2.75) is 12.8 Å². The van der Waals surface area contributed by atoms with E-state index in [4.69, 9.17) is 0 Å². The monoisotopic (exact) mass is 616 g/mol. The summed E-state index contributed by atoms with van der Waals surface area (Å²) in [7, 11) is 0. The van der Waals surface area contributed by atoms with Gasteiger partial charge in [-0.1, -0.05) is 158 Å². The molecule has 0 saturated carbocycles. The second-order valence-electron chi connectivity index (χ2n) is 12.3. The van der Waals surface area contributed by atoms with E-state index >= 15 is 0 Å². The Bertz CT molecular complexity index is 2490. The Kier molecular flexibility index (Phi) is 6.91. The van der Waals surface area contributed by atoms with E-state index in [1.165, 1.54) is 86.2 Å². The average molecular weight is 617 g/mol. The molecule has 222 valence electrons. The van der Waals surface area contributed by atoms with E-state index in [1.54, 1.807) is 0 Å². The summed E-state index contributed by atoms with van der Waals surface area (Å²) in [5, 5.41) is 7.91. The van der Waals surface area contributed by atoms with Gasteiger partial charge in [0.05, 0.1) is 0 Å². The van der Waals surface area contributed by atoms with Crippen LogP contribution in [0.1, 0.15) is 12.8 Å². The van der Waals surface area contributed by atoms with Crippen LogP contribution in [0.5, 0.6) is 0 Å². The minimum Gasteiger partial charge on any atom is -0.135 e. The van der Waals surface area contributed by atoms with Crippen molar-refractivity contribution in [3.8, 4) is 54.3 Å². The SMILES string of the molecule is C1=c2c(-c3cccc(-c4cc(-c5ccccc5)c(-c5ccccc5)s4)c3)c3ccccc3c(-c3cccc4ccccc34)c2=CCC1. The molecule has 0 aliphatic heterocycles. The second kappa shape index (κ2) is 11.7. The summed E-state index contributed by atoms with van der Waals surface area (Å²) in [5.74, 6) is 0. The summed E-state index contributed by atoms with van der Waals surface area (Å²) >= 11 is 1.88. The lowest BCUT2D eigenvalue weighted by Gasteiger charge is -2.19. The molecular formula is C46H32S. The highest BCUT2D eigenvalue weighted by atomic mass is 32.1. The third kappa shape index (κ3) is 4.83. The van der Waals surface area contributed by atoms with Crippen LogP contribution in [0.3, 0.4) is 0 Å². The van der Waals surface area contributed by atoms with E-state index in [0.717, 1.165) is 12.8 Å². The van der Waals surface area contributed by atoms with Crippen LogP contribution in [0.4, 0.5) is 0 Å². The molecule has 0 amide bonds. The van der Waals surface area contributed by atoms with Crippen LogP contribution < -0.4 is 10.4 Å². The number of rotatable bonds is 5. The predicted octanol–water partition coefficient (Wildman–Crippen LogP) is 11.7. The van der Waals surface area contributed by atoms with Crippen molar-refractivity contribution in [3.05, 3.63) is 168 Å². The predicted molar refractivity (Wildman–Crippen MR) is 204 cm³/mol. The first-order chi connectivity index (χ1) is 23.3. The topological polar surface area (TPSA) is 0 Å². The first kappa shape index (κ1) is 27.8. The van der Waals surface area contributed by atoms with Gasteiger partial charge in [0.15, 0.2) is 0 Å². The zero-order valence-electron chi connectivity index (χ0n) is 26.0. The number of thiophene rings is 1. The van der Waals surface area contributed by atoms with Gasteiger partial charge in [-0.05, 0) is 95.9 Å². The molecule has 0 atom stereocenters. The van der Waals surface area contributed by atoms with Gasteiger partial charge in [-0.15, -0.1) is 11.3 Å². The summed E-state index contributed by atoms with van der Waals surface area (Å²) in [6, 6.07) is 57.7. The Balaban J connectivity index is 1.27. The maximum absolute atomic E-state index is 2.48. The van der Waals surface area contributed by atoms with Gasteiger partial charge in [-0.3, -0.25) is 0 Å². The third-order valence-corrected chi connectivity index (χ3v) is 10.7. The first-order valence-corrected chi connectivity index (χ1v) is 17.2. The molecule has 1 aliphatic rings. The third-order valence-electron chi connectivity index (χ3n) is 9.51. The van der Waals surface area contributed by atoms with E-state index < -0.39 is 0 Å². The Labute approximate surface area is 279 Å². The zero-order chi connectivity index (χ0) is 31.2. The Morgan fingerprint density at radius 2 is 0.936 bits per heavy atom. The van der Waals surface area contributed by atoms with Crippen molar-refractivity contribution in [3.63, 3.8) is 0 Å². The van der Waals surface area contributed by atoms with Crippen molar-refractivity contribution < 1.29 is 0 Å². The van der Waals surface area contributed by atoms with Gasteiger partial charge >= 0.3 is 0 Å². The average Bonchev–Trinajstić information content (AvgIpc) is 3.60. The molecule has 0 unspecified atom stereocenters. The molecule has 0 bridgehead atoms. The van der Waals surface area contributed by atoms with Gasteiger partial charge in [0.2, 0.25) is 0 Å². The Morgan fingerprint density at radius 3 is 1.70 bits per heavy atom. The van der Waals surface area contributed by atoms with Gasteiger partial charge in [0.1, 0.15) is 0 Å². The lowest BCUT2D eigenvalue weighted by atomic mass is 9.85. The Hall–Kier alpha value is -5.50. The molecule has 0 saturated heterocycles. The summed E-state index contributed by atoms with van der Waals surface area (Å²) in [6.07, 6.45) is 7.06. The highest BCUT2D eigenvalue weighted by Crippen LogP contribution is 2.44. The number of fused-ring (bicyclic) bond motifs is 3. The molecule has 7 aromatic carbocycles. The van der Waals surface area contributed by atoms with E-state index in [-0.39, 0.29) is 0 Å². The number of benzene rings is 7. The fourth-order valence-corrected chi connectivity index (χ4v) is 8.58. The van der Waals surface area contributed by atoms with E-state index in [0.29, 0.717) is 0 Å². The smallest absolute Gasteiger partial charge is 0.0427 e. The molecule has 0 nitrogen and oxygen atoms in total. The standard InChI is InChI=1S/C46H32S/c1-3-15-32(16-4-1)42-30-43(47-46(42)33-18-5-2-6-19-33)34-21-13-22-35(29-34)44-38-24-9-11-26-40(38)45(41-27-12-10-25-39(41)44)37-28-14-20-31-17-7-8-23-36(31)37/h1-9,11,13-30H,10,12H2. The Morgan fingerprint density at radius 1 is 0.383 bits per heavy atom. The fraction of sp³-hybridized carbons (Fsp3) is 0.0435. The molecule has 8 aromatic rings. The van der Waals surface area contributed by atoms with E-state index in [9.17, 15) is 0 Å². The van der Waals surface area contributed by atoms with Gasteiger partial charge in [0, 0.05) is 15.3 Å². The highest BCUT2D eigenvalue weighted by Gasteiger charge is 2.19. The molecule has 9 rings (SSSR count). The summed E-state index contributed by atoms with van der Waals surface area (Å²) in [4.78, 5) is 2.59. The van der Waals surface area contributed by atoms with Crippen molar-refractivity contribution in [1.82, 2.24) is 0 Å². The van der Waals surface area contributed by atoms with Crippen LogP contribution in [0.15, 0.2) is 158 Å². The first-order valence-electron chi connectivity index (χ1n) is 16.4. The van der Waals surface area contributed by atoms with Crippen molar-refractivity contribution >= 4 is 45.0 Å². The number of hydrogen-bond acceptors (Lipinski definition) is 1. The van der Waals surface area contributed by atoms with Crippen LogP contribution >= 0.6 is 11.3 Å². The molecule has 1 heteroatoms. The molecule has 47 heavy (non-hydrogen) atoms. The van der Waals surface area contributed by atoms with E-state index in [1.807, 2.05) is 11.3 Å². The molecule has 0 spiro atoms.